The molecule has 3 nitrogen and oxygen atoms in total. The molecule has 0 spiro atoms. The predicted octanol–water partition coefficient (Wildman–Crippen LogP) is 4.10. The number of nitrogens with one attached hydrogen (secondary N) is 1. The number of carbonyl (C=O) groups excluding carboxylic acids is 1. The van der Waals surface area contributed by atoms with Crippen LogP contribution in [0.25, 0.3) is 6.08 Å². The van der Waals surface area contributed by atoms with Gasteiger partial charge in [0.25, 0.3) is 5.91 Å². The van der Waals surface area contributed by atoms with Crippen LogP contribution in [0, 0.1) is 13.8 Å². The summed E-state index contributed by atoms with van der Waals surface area (Å²) >= 11 is 6.39. The molecule has 2 fully saturated rings. The zero-order valence-electron chi connectivity index (χ0n) is 12.4. The van der Waals surface area contributed by atoms with Gasteiger partial charge in [-0.15, -0.1) is 0 Å². The summed E-state index contributed by atoms with van der Waals surface area (Å²) in [6.45, 7) is 4.32. The molecule has 21 heavy (non-hydrogen) atoms. The highest BCUT2D eigenvalue weighted by Gasteiger charge is 2.24. The van der Waals surface area contributed by atoms with Crippen LogP contribution in [0.15, 0.2) is 11.0 Å². The molecule has 2 heterocycles. The fourth-order valence-electron chi connectivity index (χ4n) is 3.41. The molecular weight excluding hydrogens is 300 g/mol. The molecule has 0 atom stereocenters. The topological polar surface area (TPSA) is 34.0 Å². The first kappa shape index (κ1) is 14.9. The van der Waals surface area contributed by atoms with E-state index in [-0.39, 0.29) is 5.91 Å². The van der Waals surface area contributed by atoms with Gasteiger partial charge in [-0.05, 0) is 44.4 Å². The number of thioether (sulfide) groups is 1. The van der Waals surface area contributed by atoms with Crippen molar-refractivity contribution in [1.82, 2.24) is 9.88 Å². The smallest absolute Gasteiger partial charge is 0.263 e. The Balaban J connectivity index is 1.92. The Morgan fingerprint density at radius 3 is 2.67 bits per heavy atom. The fourth-order valence-corrected chi connectivity index (χ4v) is 4.45. The summed E-state index contributed by atoms with van der Waals surface area (Å²) in [7, 11) is 0. The van der Waals surface area contributed by atoms with Gasteiger partial charge >= 0.3 is 0 Å². The maximum atomic E-state index is 11.8. The second-order valence-electron chi connectivity index (χ2n) is 5.84. The van der Waals surface area contributed by atoms with Gasteiger partial charge in [-0.25, -0.2) is 0 Å². The summed E-state index contributed by atoms with van der Waals surface area (Å²) in [6.07, 6.45) is 8.52. The van der Waals surface area contributed by atoms with E-state index >= 15 is 0 Å². The average Bonchev–Trinajstić information content (AvgIpc) is 2.91. The minimum atomic E-state index is -0.0764. The molecular formula is C16H20N2OS2. The molecule has 2 aliphatic rings. The Hall–Kier alpha value is -1.07. The van der Waals surface area contributed by atoms with E-state index in [0.717, 1.165) is 5.56 Å². The molecule has 1 aromatic rings. The summed E-state index contributed by atoms with van der Waals surface area (Å²) < 4.78 is 3.01. The first-order chi connectivity index (χ1) is 10.1. The first-order valence-corrected chi connectivity index (χ1v) is 8.72. The molecule has 0 radical (unpaired) electrons. The zero-order valence-corrected chi connectivity index (χ0v) is 14.1. The lowest BCUT2D eigenvalue weighted by molar-refractivity contribution is -0.115. The summed E-state index contributed by atoms with van der Waals surface area (Å²) in [6, 6.07) is 2.81. The van der Waals surface area contributed by atoms with Crippen molar-refractivity contribution in [1.29, 1.82) is 0 Å². The predicted molar refractivity (Wildman–Crippen MR) is 92.3 cm³/mol. The van der Waals surface area contributed by atoms with Gasteiger partial charge in [0.2, 0.25) is 0 Å². The van der Waals surface area contributed by atoms with Gasteiger partial charge in [0.05, 0.1) is 4.91 Å². The number of hydrogen-bond donors (Lipinski definition) is 1. The van der Waals surface area contributed by atoms with Gasteiger partial charge in [0.1, 0.15) is 4.32 Å². The Labute approximate surface area is 135 Å². The Bertz CT molecular complexity index is 624. The number of thiocarbonyl (C=S) groups is 1. The number of rotatable bonds is 2. The molecule has 1 saturated carbocycles. The van der Waals surface area contributed by atoms with E-state index in [1.165, 1.54) is 55.3 Å². The summed E-state index contributed by atoms with van der Waals surface area (Å²) in [5, 5.41) is 2.67. The molecule has 0 unspecified atom stereocenters. The molecule has 112 valence electrons. The maximum absolute atomic E-state index is 11.8. The highest BCUT2D eigenvalue weighted by atomic mass is 32.2. The van der Waals surface area contributed by atoms with Crippen molar-refractivity contribution in [3.63, 3.8) is 0 Å². The highest BCUT2D eigenvalue weighted by Crippen LogP contribution is 2.34. The summed E-state index contributed by atoms with van der Waals surface area (Å²) in [4.78, 5) is 12.5. The molecule has 3 rings (SSSR count). The van der Waals surface area contributed by atoms with E-state index in [4.69, 9.17) is 12.2 Å². The number of aryl methyl sites for hydroxylation is 1. The van der Waals surface area contributed by atoms with Crippen molar-refractivity contribution >= 4 is 40.3 Å². The molecule has 1 saturated heterocycles. The van der Waals surface area contributed by atoms with Crippen LogP contribution in [0.3, 0.4) is 0 Å². The molecule has 5 heteroatoms. The number of nitrogens with zero attached hydrogens (tertiary/aromatic N) is 1. The van der Waals surface area contributed by atoms with Crippen molar-refractivity contribution in [3.05, 3.63) is 27.9 Å². The van der Waals surface area contributed by atoms with Crippen LogP contribution in [-0.2, 0) is 4.79 Å². The number of carbonyl (C=O) groups is 1. The second-order valence-corrected chi connectivity index (χ2v) is 7.56. The van der Waals surface area contributed by atoms with E-state index in [0.29, 0.717) is 15.3 Å². The molecule has 1 aliphatic carbocycles. The Morgan fingerprint density at radius 1 is 1.33 bits per heavy atom. The van der Waals surface area contributed by atoms with Gasteiger partial charge in [-0.3, -0.25) is 4.79 Å². The minimum Gasteiger partial charge on any atom is -0.346 e. The van der Waals surface area contributed by atoms with Crippen molar-refractivity contribution in [3.8, 4) is 0 Å². The minimum absolute atomic E-state index is 0.0764. The normalized spacial score (nSPS) is 22.1. The molecule has 1 N–H and O–H groups in total. The van der Waals surface area contributed by atoms with E-state index in [1.807, 2.05) is 6.08 Å². The van der Waals surface area contributed by atoms with Gasteiger partial charge in [0.15, 0.2) is 0 Å². The quantitative estimate of drug-likeness (QED) is 0.658. The van der Waals surface area contributed by atoms with Crippen LogP contribution in [0.2, 0.25) is 0 Å². The van der Waals surface area contributed by atoms with E-state index in [2.05, 4.69) is 29.8 Å². The van der Waals surface area contributed by atoms with Gasteiger partial charge in [-0.1, -0.05) is 43.2 Å². The van der Waals surface area contributed by atoms with Crippen LogP contribution < -0.4 is 5.32 Å². The molecule has 1 aromatic heterocycles. The first-order valence-electron chi connectivity index (χ1n) is 7.49. The van der Waals surface area contributed by atoms with E-state index < -0.39 is 0 Å². The number of hydrogen-bond acceptors (Lipinski definition) is 3. The third-order valence-corrected chi connectivity index (χ3v) is 5.55. The van der Waals surface area contributed by atoms with Crippen molar-refractivity contribution in [2.45, 2.75) is 52.0 Å². The molecule has 1 aliphatic heterocycles. The average molecular weight is 320 g/mol. The molecule has 1 amide bonds. The lowest BCUT2D eigenvalue weighted by atomic mass is 9.95. The van der Waals surface area contributed by atoms with Crippen LogP contribution in [-0.4, -0.2) is 14.8 Å². The van der Waals surface area contributed by atoms with Crippen molar-refractivity contribution in [2.24, 2.45) is 0 Å². The van der Waals surface area contributed by atoms with E-state index in [1.54, 1.807) is 0 Å². The third-order valence-electron chi connectivity index (χ3n) is 4.39. The molecule has 0 aromatic carbocycles. The number of aromatic nitrogens is 1. The Morgan fingerprint density at radius 2 is 2.05 bits per heavy atom. The van der Waals surface area contributed by atoms with Gasteiger partial charge in [-0.2, -0.15) is 0 Å². The van der Waals surface area contributed by atoms with Gasteiger partial charge < -0.3 is 9.88 Å². The zero-order chi connectivity index (χ0) is 15.0. The maximum Gasteiger partial charge on any atom is 0.263 e. The highest BCUT2D eigenvalue weighted by molar-refractivity contribution is 8.26. The lowest BCUT2D eigenvalue weighted by Crippen LogP contribution is -2.17. The third kappa shape index (κ3) is 2.94. The lowest BCUT2D eigenvalue weighted by Gasteiger charge is -2.26. The Kier molecular flexibility index (Phi) is 4.22. The monoisotopic (exact) mass is 320 g/mol. The summed E-state index contributed by atoms with van der Waals surface area (Å²) in [5.74, 6) is -0.0764. The summed E-state index contributed by atoms with van der Waals surface area (Å²) in [5.41, 5.74) is 3.69. The van der Waals surface area contributed by atoms with E-state index in [9.17, 15) is 4.79 Å². The SMILES string of the molecule is Cc1cc(/C=C2\SC(=S)NC2=O)c(C)n1C1CCCCC1. The van der Waals surface area contributed by atoms with Gasteiger partial charge in [0, 0.05) is 17.4 Å². The second kappa shape index (κ2) is 5.97. The molecule has 0 bridgehead atoms. The fraction of sp³-hybridized carbons (Fsp3) is 0.500. The van der Waals surface area contributed by atoms with Crippen molar-refractivity contribution < 1.29 is 4.79 Å². The standard InChI is InChI=1S/C16H20N2OS2/c1-10-8-12(9-14-15(19)17-16(20)21-14)11(2)18(10)13-6-4-3-5-7-13/h8-9,13H,3-7H2,1-2H3,(H,17,19,20)/b14-9-. The largest absolute Gasteiger partial charge is 0.346 e. The van der Waals surface area contributed by atoms with Crippen LogP contribution in [0.4, 0.5) is 0 Å². The number of amides is 1. The van der Waals surface area contributed by atoms with Crippen LogP contribution in [0.5, 0.6) is 0 Å². The van der Waals surface area contributed by atoms with Crippen LogP contribution in [0.1, 0.15) is 55.1 Å². The van der Waals surface area contributed by atoms with Crippen LogP contribution >= 0.6 is 24.0 Å². The van der Waals surface area contributed by atoms with Crippen molar-refractivity contribution in [2.75, 3.05) is 0 Å².